The number of methoxy groups -OCH3 is 2. The van der Waals surface area contributed by atoms with Crippen molar-refractivity contribution in [3.63, 3.8) is 0 Å². The van der Waals surface area contributed by atoms with Crippen molar-refractivity contribution in [3.8, 4) is 22.6 Å². The van der Waals surface area contributed by atoms with Crippen molar-refractivity contribution in [2.24, 2.45) is 0 Å². The van der Waals surface area contributed by atoms with E-state index in [0.29, 0.717) is 29.6 Å². The van der Waals surface area contributed by atoms with Gasteiger partial charge in [-0.15, -0.1) is 12.4 Å². The standard InChI is InChI=1S/C29H32Cl2N2O4S.ClH/c1-18-7-4-5-8-21(18)23-16-20(30)17-26(28(23)31)38(34,35)32-12-6-13-33-14-11-19-15-25(36-2)29(37-3)22-9-10-24(33)27(19)22;/h4-5,7-8,15-17,24,32H,6,9-14H2,1-3H3;1H. The Morgan fingerprint density at radius 3 is 2.54 bits per heavy atom. The van der Waals surface area contributed by atoms with E-state index in [1.165, 1.54) is 22.8 Å². The van der Waals surface area contributed by atoms with Gasteiger partial charge in [0, 0.05) is 41.8 Å². The fourth-order valence-corrected chi connectivity index (χ4v) is 7.88. The smallest absolute Gasteiger partial charge is 0.242 e. The average Bonchev–Trinajstić information content (AvgIpc) is 3.35. The van der Waals surface area contributed by atoms with E-state index in [0.717, 1.165) is 55.0 Å². The number of hydrogen-bond acceptors (Lipinski definition) is 5. The minimum absolute atomic E-state index is 0. The van der Waals surface area contributed by atoms with Crippen LogP contribution in [0.15, 0.2) is 47.4 Å². The number of aryl methyl sites for hydroxylation is 1. The maximum absolute atomic E-state index is 13.3. The molecule has 2 aliphatic rings. The van der Waals surface area contributed by atoms with Crippen molar-refractivity contribution in [3.05, 3.63) is 74.8 Å². The lowest BCUT2D eigenvalue weighted by molar-refractivity contribution is 0.184. The Bertz CT molecular complexity index is 1480. The summed E-state index contributed by atoms with van der Waals surface area (Å²) in [6.07, 6.45) is 3.59. The molecule has 210 valence electrons. The lowest BCUT2D eigenvalue weighted by Crippen LogP contribution is -2.36. The molecule has 1 unspecified atom stereocenters. The number of sulfonamides is 1. The highest BCUT2D eigenvalue weighted by molar-refractivity contribution is 7.89. The molecular formula is C29H33Cl3N2O4S. The summed E-state index contributed by atoms with van der Waals surface area (Å²) in [6, 6.07) is 13.2. The minimum Gasteiger partial charge on any atom is -0.493 e. The second kappa shape index (κ2) is 12.2. The van der Waals surface area contributed by atoms with Crippen molar-refractivity contribution in [2.75, 3.05) is 33.9 Å². The van der Waals surface area contributed by atoms with Crippen LogP contribution in [0, 0.1) is 6.92 Å². The second-order valence-electron chi connectivity index (χ2n) is 9.84. The molecule has 0 amide bonds. The molecule has 3 aromatic carbocycles. The number of benzene rings is 3. The molecule has 0 fully saturated rings. The molecule has 0 radical (unpaired) electrons. The molecule has 1 heterocycles. The summed E-state index contributed by atoms with van der Waals surface area (Å²) < 4.78 is 40.5. The summed E-state index contributed by atoms with van der Waals surface area (Å²) in [5, 5.41) is 0.496. The Morgan fingerprint density at radius 1 is 1.05 bits per heavy atom. The van der Waals surface area contributed by atoms with Gasteiger partial charge in [0.2, 0.25) is 10.0 Å². The molecule has 5 rings (SSSR count). The third kappa shape index (κ3) is 5.76. The molecule has 0 spiro atoms. The predicted octanol–water partition coefficient (Wildman–Crippen LogP) is 6.62. The minimum atomic E-state index is -3.85. The van der Waals surface area contributed by atoms with Gasteiger partial charge < -0.3 is 9.47 Å². The van der Waals surface area contributed by atoms with Gasteiger partial charge in [-0.3, -0.25) is 4.90 Å². The van der Waals surface area contributed by atoms with E-state index >= 15 is 0 Å². The van der Waals surface area contributed by atoms with Crippen LogP contribution in [0.3, 0.4) is 0 Å². The number of nitrogens with one attached hydrogen (secondary N) is 1. The molecule has 0 saturated carbocycles. The van der Waals surface area contributed by atoms with Gasteiger partial charge in [-0.05, 0) is 73.1 Å². The van der Waals surface area contributed by atoms with Gasteiger partial charge in [0.25, 0.3) is 0 Å². The molecule has 6 nitrogen and oxygen atoms in total. The summed E-state index contributed by atoms with van der Waals surface area (Å²) in [6.45, 7) is 3.98. The van der Waals surface area contributed by atoms with Crippen molar-refractivity contribution in [1.82, 2.24) is 9.62 Å². The zero-order valence-corrected chi connectivity index (χ0v) is 25.4. The van der Waals surface area contributed by atoms with Crippen LogP contribution in [0.2, 0.25) is 10.0 Å². The van der Waals surface area contributed by atoms with Gasteiger partial charge in [-0.1, -0.05) is 47.5 Å². The molecule has 3 aromatic rings. The van der Waals surface area contributed by atoms with Crippen molar-refractivity contribution >= 4 is 45.6 Å². The van der Waals surface area contributed by atoms with Crippen LogP contribution in [0.1, 0.15) is 41.1 Å². The molecule has 1 N–H and O–H groups in total. The van der Waals surface area contributed by atoms with Crippen LogP contribution in [-0.2, 0) is 22.9 Å². The van der Waals surface area contributed by atoms with E-state index in [1.54, 1.807) is 20.3 Å². The monoisotopic (exact) mass is 610 g/mol. The van der Waals surface area contributed by atoms with Gasteiger partial charge in [-0.2, -0.15) is 0 Å². The second-order valence-corrected chi connectivity index (χ2v) is 12.4. The quantitative estimate of drug-likeness (QED) is 0.276. The molecule has 10 heteroatoms. The lowest BCUT2D eigenvalue weighted by Gasteiger charge is -2.35. The molecule has 1 aliphatic carbocycles. The highest BCUT2D eigenvalue weighted by Gasteiger charge is 2.36. The van der Waals surface area contributed by atoms with Crippen LogP contribution < -0.4 is 14.2 Å². The highest BCUT2D eigenvalue weighted by Crippen LogP contribution is 2.48. The first-order chi connectivity index (χ1) is 18.2. The Labute approximate surface area is 247 Å². The average molecular weight is 612 g/mol. The van der Waals surface area contributed by atoms with E-state index in [1.807, 2.05) is 31.2 Å². The van der Waals surface area contributed by atoms with Gasteiger partial charge in [0.1, 0.15) is 4.90 Å². The third-order valence-electron chi connectivity index (χ3n) is 7.65. The summed E-state index contributed by atoms with van der Waals surface area (Å²) in [5.74, 6) is 1.64. The van der Waals surface area contributed by atoms with E-state index in [2.05, 4.69) is 15.7 Å². The Balaban J connectivity index is 0.00000353. The summed E-state index contributed by atoms with van der Waals surface area (Å²) >= 11 is 13.0. The first kappa shape index (κ1) is 30.0. The van der Waals surface area contributed by atoms with E-state index in [4.69, 9.17) is 32.7 Å². The lowest BCUT2D eigenvalue weighted by atomic mass is 9.92. The normalized spacial score (nSPS) is 16.5. The number of rotatable bonds is 9. The van der Waals surface area contributed by atoms with E-state index in [9.17, 15) is 8.42 Å². The Morgan fingerprint density at radius 2 is 1.82 bits per heavy atom. The summed E-state index contributed by atoms with van der Waals surface area (Å²) in [7, 11) is -0.478. The van der Waals surface area contributed by atoms with Gasteiger partial charge >= 0.3 is 0 Å². The molecule has 1 aliphatic heterocycles. The first-order valence-electron chi connectivity index (χ1n) is 12.8. The molecule has 1 atom stereocenters. The molecule has 0 aromatic heterocycles. The van der Waals surface area contributed by atoms with Gasteiger partial charge in [0.05, 0.1) is 19.2 Å². The largest absolute Gasteiger partial charge is 0.493 e. The SMILES string of the molecule is COc1cc2c3c(c1OC)CCC3N(CCCNS(=O)(=O)c1cc(Cl)cc(-c3ccccc3C)c1Cl)CC2.Cl. The fourth-order valence-electron chi connectivity index (χ4n) is 5.89. The topological polar surface area (TPSA) is 67.9 Å². The maximum Gasteiger partial charge on any atom is 0.242 e. The van der Waals surface area contributed by atoms with Gasteiger partial charge in [-0.25, -0.2) is 13.1 Å². The zero-order valence-electron chi connectivity index (χ0n) is 22.2. The van der Waals surface area contributed by atoms with Crippen LogP contribution in [0.5, 0.6) is 11.5 Å². The summed E-state index contributed by atoms with van der Waals surface area (Å²) in [4.78, 5) is 2.46. The van der Waals surface area contributed by atoms with Crippen LogP contribution in [0.25, 0.3) is 11.1 Å². The van der Waals surface area contributed by atoms with Crippen LogP contribution in [0.4, 0.5) is 0 Å². The fraction of sp³-hybridized carbons (Fsp3) is 0.379. The zero-order chi connectivity index (χ0) is 27.0. The van der Waals surface area contributed by atoms with Crippen molar-refractivity contribution in [2.45, 2.75) is 43.5 Å². The Kier molecular flexibility index (Phi) is 9.41. The van der Waals surface area contributed by atoms with Crippen LogP contribution >= 0.6 is 35.6 Å². The number of hydrogen-bond donors (Lipinski definition) is 1. The van der Waals surface area contributed by atoms with E-state index < -0.39 is 10.0 Å². The number of nitrogens with zero attached hydrogens (tertiary/aromatic N) is 1. The maximum atomic E-state index is 13.3. The molecular weight excluding hydrogens is 579 g/mol. The van der Waals surface area contributed by atoms with Gasteiger partial charge in [0.15, 0.2) is 11.5 Å². The Hall–Kier alpha value is -2.00. The molecule has 0 saturated heterocycles. The predicted molar refractivity (Wildman–Crippen MR) is 160 cm³/mol. The van der Waals surface area contributed by atoms with Crippen molar-refractivity contribution in [1.29, 1.82) is 0 Å². The third-order valence-corrected chi connectivity index (χ3v) is 9.87. The highest BCUT2D eigenvalue weighted by atomic mass is 35.5. The number of ether oxygens (including phenoxy) is 2. The van der Waals surface area contributed by atoms with Crippen molar-refractivity contribution < 1.29 is 17.9 Å². The summed E-state index contributed by atoms with van der Waals surface area (Å²) in [5.41, 5.74) is 6.39. The van der Waals surface area contributed by atoms with Crippen LogP contribution in [-0.4, -0.2) is 47.2 Å². The molecule has 0 bridgehead atoms. The number of halogens is 3. The molecule has 39 heavy (non-hydrogen) atoms. The van der Waals surface area contributed by atoms with E-state index in [-0.39, 0.29) is 22.3 Å². The first-order valence-corrected chi connectivity index (χ1v) is 15.0.